The van der Waals surface area contributed by atoms with E-state index < -0.39 is 15.9 Å². The molecule has 2 aromatic carbocycles. The van der Waals surface area contributed by atoms with E-state index in [1.54, 1.807) is 36.4 Å². The van der Waals surface area contributed by atoms with Gasteiger partial charge >= 0.3 is 0 Å². The Morgan fingerprint density at radius 2 is 1.90 bits per heavy atom. The van der Waals surface area contributed by atoms with E-state index in [2.05, 4.69) is 15.0 Å². The van der Waals surface area contributed by atoms with Crippen LogP contribution in [0.1, 0.15) is 31.2 Å². The molecule has 1 heterocycles. The summed E-state index contributed by atoms with van der Waals surface area (Å²) in [6.45, 7) is 0.623. The molecule has 0 atom stereocenters. The third kappa shape index (κ3) is 6.32. The van der Waals surface area contributed by atoms with Gasteiger partial charge in [0.1, 0.15) is 5.84 Å². The summed E-state index contributed by atoms with van der Waals surface area (Å²) in [5.74, 6) is 0.0568. The third-order valence-corrected chi connectivity index (χ3v) is 6.36. The monoisotopic (exact) mass is 465 g/mol. The molecule has 0 unspecified atom stereocenters. The quantitative estimate of drug-likeness (QED) is 0.615. The van der Waals surface area contributed by atoms with Crippen molar-refractivity contribution in [3.05, 3.63) is 64.1 Å². The molecule has 0 fully saturated rings. The Bertz CT molecular complexity index is 1100. The number of nitrogens with one attached hydrogen (secondary N) is 2. The van der Waals surface area contributed by atoms with Gasteiger partial charge in [0.2, 0.25) is 5.91 Å². The maximum atomic E-state index is 12.7. The molecule has 1 aliphatic rings. The summed E-state index contributed by atoms with van der Waals surface area (Å²) < 4.78 is 27.9. The molecule has 158 valence electrons. The smallest absolute Gasteiger partial charge is 0.262 e. The first-order valence-corrected chi connectivity index (χ1v) is 11.7. The van der Waals surface area contributed by atoms with Crippen molar-refractivity contribution in [3.8, 4) is 0 Å². The molecule has 6 nitrogen and oxygen atoms in total. The maximum Gasteiger partial charge on any atom is 0.262 e. The van der Waals surface area contributed by atoms with Crippen LogP contribution in [0.4, 0.5) is 5.69 Å². The predicted octanol–water partition coefficient (Wildman–Crippen LogP) is 4.90. The number of halogens is 2. The summed E-state index contributed by atoms with van der Waals surface area (Å²) in [6.07, 6.45) is 6.37. The topological polar surface area (TPSA) is 87.6 Å². The van der Waals surface area contributed by atoms with E-state index >= 15 is 0 Å². The van der Waals surface area contributed by atoms with E-state index in [0.29, 0.717) is 40.1 Å². The highest BCUT2D eigenvalue weighted by Crippen LogP contribution is 2.22. The van der Waals surface area contributed by atoms with Crippen LogP contribution >= 0.6 is 23.2 Å². The van der Waals surface area contributed by atoms with Gasteiger partial charge in [0.25, 0.3) is 10.0 Å². The van der Waals surface area contributed by atoms with Gasteiger partial charge in [0.15, 0.2) is 0 Å². The first-order valence-electron chi connectivity index (χ1n) is 9.44. The van der Waals surface area contributed by atoms with Crippen molar-refractivity contribution < 1.29 is 13.2 Å². The number of hydrogen-bond donors (Lipinski definition) is 2. The van der Waals surface area contributed by atoms with Gasteiger partial charge in [0, 0.05) is 34.8 Å². The number of hydrogen-bond acceptors (Lipinski definition) is 4. The molecule has 2 aromatic rings. The van der Waals surface area contributed by atoms with Crippen LogP contribution in [0.2, 0.25) is 10.0 Å². The molecular weight excluding hydrogens is 445 g/mol. The zero-order valence-electron chi connectivity index (χ0n) is 16.1. The number of sulfonamides is 1. The van der Waals surface area contributed by atoms with E-state index in [-0.39, 0.29) is 4.90 Å². The first kappa shape index (κ1) is 22.3. The van der Waals surface area contributed by atoms with Gasteiger partial charge in [-0.25, -0.2) is 8.42 Å². The molecule has 1 aliphatic heterocycles. The summed E-state index contributed by atoms with van der Waals surface area (Å²) in [7, 11) is -3.78. The summed E-state index contributed by atoms with van der Waals surface area (Å²) in [4.78, 5) is 16.6. The van der Waals surface area contributed by atoms with Gasteiger partial charge in [-0.1, -0.05) is 41.8 Å². The van der Waals surface area contributed by atoms with Crippen LogP contribution in [0.15, 0.2) is 58.4 Å². The number of carbonyl (C=O) groups is 1. The Morgan fingerprint density at radius 3 is 2.70 bits per heavy atom. The molecule has 3 rings (SSSR count). The molecule has 0 bridgehead atoms. The second kappa shape index (κ2) is 10.1. The minimum absolute atomic E-state index is 0.0528. The van der Waals surface area contributed by atoms with E-state index in [4.69, 9.17) is 23.2 Å². The van der Waals surface area contributed by atoms with E-state index in [9.17, 15) is 13.2 Å². The number of benzene rings is 2. The zero-order chi connectivity index (χ0) is 21.6. The number of carbonyl (C=O) groups excluding carboxylic acids is 1. The fraction of sp³-hybridized carbons (Fsp3) is 0.238. The number of nitrogens with zero attached hydrogens (tertiary/aromatic N) is 1. The summed E-state index contributed by atoms with van der Waals surface area (Å²) in [5.41, 5.74) is 0.999. The van der Waals surface area contributed by atoms with E-state index in [1.165, 1.54) is 18.2 Å². The molecule has 1 amide bonds. The molecule has 0 aromatic heterocycles. The first-order chi connectivity index (χ1) is 14.3. The average Bonchev–Trinajstić information content (AvgIpc) is 2.96. The fourth-order valence-electron chi connectivity index (χ4n) is 2.90. The van der Waals surface area contributed by atoms with Gasteiger partial charge in [-0.2, -0.15) is 0 Å². The van der Waals surface area contributed by atoms with Crippen molar-refractivity contribution in [2.24, 2.45) is 4.99 Å². The summed E-state index contributed by atoms with van der Waals surface area (Å²) in [6, 6.07) is 11.0. The summed E-state index contributed by atoms with van der Waals surface area (Å²) in [5, 5.41) is 3.58. The zero-order valence-corrected chi connectivity index (χ0v) is 18.4. The Balaban J connectivity index is 1.69. The van der Waals surface area contributed by atoms with Crippen molar-refractivity contribution in [2.75, 3.05) is 11.9 Å². The minimum atomic E-state index is -3.78. The van der Waals surface area contributed by atoms with Gasteiger partial charge in [-0.15, -0.1) is 0 Å². The highest BCUT2D eigenvalue weighted by Gasteiger charge is 2.17. The molecule has 30 heavy (non-hydrogen) atoms. The van der Waals surface area contributed by atoms with Crippen molar-refractivity contribution in [1.82, 2.24) is 4.72 Å². The lowest BCUT2D eigenvalue weighted by atomic mass is 10.2. The Labute approximate surface area is 186 Å². The number of amides is 1. The van der Waals surface area contributed by atoms with Gasteiger partial charge in [-0.05, 0) is 54.8 Å². The largest absolute Gasteiger partial charge is 0.322 e. The SMILES string of the molecule is O=C(/C=C/c1ccc(Cl)cc1Cl)Nc1cccc(S(=O)(=O)NC2=NCCCCC2)c1. The highest BCUT2D eigenvalue weighted by atomic mass is 35.5. The lowest BCUT2D eigenvalue weighted by molar-refractivity contribution is -0.111. The average molecular weight is 466 g/mol. The molecule has 0 saturated heterocycles. The van der Waals surface area contributed by atoms with Crippen molar-refractivity contribution >= 4 is 56.7 Å². The fourth-order valence-corrected chi connectivity index (χ4v) is 4.50. The van der Waals surface area contributed by atoms with E-state index in [0.717, 1.165) is 19.3 Å². The second-order valence-electron chi connectivity index (χ2n) is 6.76. The number of aliphatic imine (C=N–C) groups is 1. The van der Waals surface area contributed by atoms with Gasteiger partial charge in [0.05, 0.1) is 4.90 Å². The third-order valence-electron chi connectivity index (χ3n) is 4.42. The molecule has 0 saturated carbocycles. The highest BCUT2D eigenvalue weighted by molar-refractivity contribution is 7.90. The van der Waals surface area contributed by atoms with Crippen LogP contribution in [0.5, 0.6) is 0 Å². The van der Waals surface area contributed by atoms with Crippen molar-refractivity contribution in [2.45, 2.75) is 30.6 Å². The molecule has 0 spiro atoms. The normalized spacial score (nSPS) is 14.8. The molecule has 9 heteroatoms. The molecular formula is C21H21Cl2N3O3S. The second-order valence-corrected chi connectivity index (χ2v) is 9.29. The number of amidine groups is 1. The number of rotatable bonds is 5. The van der Waals surface area contributed by atoms with Crippen LogP contribution in [-0.4, -0.2) is 26.7 Å². The Morgan fingerprint density at radius 1 is 1.07 bits per heavy atom. The van der Waals surface area contributed by atoms with Gasteiger partial charge in [-0.3, -0.25) is 14.5 Å². The maximum absolute atomic E-state index is 12.7. The molecule has 0 radical (unpaired) electrons. The lowest BCUT2D eigenvalue weighted by Crippen LogP contribution is -2.30. The summed E-state index contributed by atoms with van der Waals surface area (Å²) >= 11 is 11.9. The van der Waals surface area contributed by atoms with Crippen molar-refractivity contribution in [1.29, 1.82) is 0 Å². The minimum Gasteiger partial charge on any atom is -0.322 e. The lowest BCUT2D eigenvalue weighted by Gasteiger charge is -2.11. The van der Waals surface area contributed by atoms with Crippen LogP contribution in [0, 0.1) is 0 Å². The van der Waals surface area contributed by atoms with Crippen LogP contribution < -0.4 is 10.0 Å². The Kier molecular flexibility index (Phi) is 7.53. The van der Waals surface area contributed by atoms with Crippen molar-refractivity contribution in [3.63, 3.8) is 0 Å². The van der Waals surface area contributed by atoms with Gasteiger partial charge < -0.3 is 5.32 Å². The van der Waals surface area contributed by atoms with Crippen LogP contribution in [-0.2, 0) is 14.8 Å². The molecule has 2 N–H and O–H groups in total. The number of anilines is 1. The van der Waals surface area contributed by atoms with E-state index in [1.807, 2.05) is 0 Å². The molecule has 0 aliphatic carbocycles. The Hall–Kier alpha value is -2.35. The van der Waals surface area contributed by atoms with Crippen LogP contribution in [0.25, 0.3) is 6.08 Å². The predicted molar refractivity (Wildman–Crippen MR) is 122 cm³/mol. The van der Waals surface area contributed by atoms with Crippen LogP contribution in [0.3, 0.4) is 0 Å². The standard InChI is InChI=1S/C21H21Cl2N3O3S/c22-16-10-8-15(19(23)13-16)9-11-21(27)25-17-5-4-6-18(14-17)30(28,29)26-20-7-2-1-3-12-24-20/h4-6,8-11,13-14H,1-3,7,12H2,(H,24,26)(H,25,27)/b11-9+.